The molecule has 0 aromatic carbocycles. The molecule has 0 saturated heterocycles. The molecule has 1 spiro atoms. The van der Waals surface area contributed by atoms with Gasteiger partial charge in [-0.25, -0.2) is 10.1 Å². The Morgan fingerprint density at radius 1 is 1.23 bits per heavy atom. The van der Waals surface area contributed by atoms with E-state index in [0.717, 1.165) is 35.6 Å². The average Bonchev–Trinajstić information content (AvgIpc) is 3.46. The van der Waals surface area contributed by atoms with Crippen LogP contribution in [0.5, 0.6) is 0 Å². The Hall–Kier alpha value is -2.77. The molecule has 1 amide bonds. The molecule has 4 aliphatic carbocycles. The Morgan fingerprint density at radius 2 is 2.20 bits per heavy atom. The van der Waals surface area contributed by atoms with Gasteiger partial charge in [0.25, 0.3) is 5.91 Å². The summed E-state index contributed by atoms with van der Waals surface area (Å²) in [5.74, 6) is 3.47. The SMILES string of the molecule is O=C(NCC12CC3CC4CC(C1)C4(C3)C2)c1cccc2nc(Cc3nnn[nH]3)cn12. The summed E-state index contributed by atoms with van der Waals surface area (Å²) in [6.07, 6.45) is 10.8. The van der Waals surface area contributed by atoms with E-state index in [0.29, 0.717) is 28.8 Å². The van der Waals surface area contributed by atoms with Crippen molar-refractivity contribution in [3.8, 4) is 0 Å². The molecule has 3 heterocycles. The Balaban J connectivity index is 1.12. The molecule has 154 valence electrons. The predicted octanol–water partition coefficient (Wildman–Crippen LogP) is 2.38. The summed E-state index contributed by atoms with van der Waals surface area (Å²) in [6, 6.07) is 5.69. The van der Waals surface area contributed by atoms with E-state index in [9.17, 15) is 4.79 Å². The Bertz CT molecular complexity index is 1150. The average molecular weight is 403 g/mol. The number of pyridine rings is 1. The minimum Gasteiger partial charge on any atom is -0.350 e. The molecule has 0 radical (unpaired) electrons. The van der Waals surface area contributed by atoms with E-state index >= 15 is 0 Å². The van der Waals surface area contributed by atoms with E-state index in [-0.39, 0.29) is 5.91 Å². The van der Waals surface area contributed by atoms with E-state index in [1.165, 1.54) is 38.5 Å². The first-order valence-corrected chi connectivity index (χ1v) is 11.1. The van der Waals surface area contributed by atoms with Crippen LogP contribution in [-0.4, -0.2) is 42.5 Å². The van der Waals surface area contributed by atoms with E-state index < -0.39 is 0 Å². The van der Waals surface area contributed by atoms with Crippen LogP contribution in [0, 0.1) is 28.6 Å². The number of fused-ring (bicyclic) bond motifs is 3. The van der Waals surface area contributed by atoms with Crippen LogP contribution in [0.15, 0.2) is 24.4 Å². The molecule has 3 aromatic heterocycles. The van der Waals surface area contributed by atoms with Crippen LogP contribution in [0.3, 0.4) is 0 Å². The fourth-order valence-corrected chi connectivity index (χ4v) is 7.86. The number of amides is 1. The summed E-state index contributed by atoms with van der Waals surface area (Å²) in [6.45, 7) is 0.814. The summed E-state index contributed by atoms with van der Waals surface area (Å²) >= 11 is 0. The summed E-state index contributed by atoms with van der Waals surface area (Å²) in [4.78, 5) is 17.8. The molecular weight excluding hydrogens is 378 g/mol. The Labute approximate surface area is 173 Å². The molecule has 4 aliphatic rings. The lowest BCUT2D eigenvalue weighted by Crippen LogP contribution is -2.43. The number of imidazole rings is 1. The van der Waals surface area contributed by atoms with Crippen molar-refractivity contribution in [2.45, 2.75) is 44.9 Å². The molecule has 3 aromatic rings. The number of carbonyl (C=O) groups excluding carboxylic acids is 1. The summed E-state index contributed by atoms with van der Waals surface area (Å²) in [5, 5.41) is 17.2. The van der Waals surface area contributed by atoms with Crippen LogP contribution in [0.2, 0.25) is 0 Å². The van der Waals surface area contributed by atoms with Gasteiger partial charge in [0.15, 0.2) is 5.82 Å². The molecule has 8 heteroatoms. The van der Waals surface area contributed by atoms with Gasteiger partial charge in [-0.05, 0) is 89.7 Å². The number of rotatable bonds is 5. The first kappa shape index (κ1) is 17.0. The largest absolute Gasteiger partial charge is 0.350 e. The molecule has 30 heavy (non-hydrogen) atoms. The van der Waals surface area contributed by atoms with Crippen LogP contribution < -0.4 is 5.32 Å². The minimum atomic E-state index is -0.00789. The zero-order chi connectivity index (χ0) is 19.9. The summed E-state index contributed by atoms with van der Waals surface area (Å²) < 4.78 is 1.88. The maximum absolute atomic E-state index is 13.2. The lowest BCUT2D eigenvalue weighted by Gasteiger charge is -2.49. The maximum Gasteiger partial charge on any atom is 0.268 e. The molecule has 5 atom stereocenters. The second-order valence-electron chi connectivity index (χ2n) is 10.3. The lowest BCUT2D eigenvalue weighted by atomic mass is 9.55. The van der Waals surface area contributed by atoms with Gasteiger partial charge in [0.05, 0.1) is 12.1 Å². The highest BCUT2D eigenvalue weighted by atomic mass is 16.1. The fraction of sp³-hybridized carbons (Fsp3) is 0.591. The Kier molecular flexibility index (Phi) is 3.21. The molecule has 0 aliphatic heterocycles. The number of hydrogen-bond donors (Lipinski definition) is 2. The van der Waals surface area contributed by atoms with Gasteiger partial charge in [-0.3, -0.25) is 9.20 Å². The number of aromatic nitrogens is 6. The van der Waals surface area contributed by atoms with Gasteiger partial charge in [0, 0.05) is 12.7 Å². The molecule has 3 bridgehead atoms. The van der Waals surface area contributed by atoms with Crippen LogP contribution in [-0.2, 0) is 6.42 Å². The van der Waals surface area contributed by atoms with Gasteiger partial charge >= 0.3 is 0 Å². The highest BCUT2D eigenvalue weighted by molar-refractivity contribution is 5.93. The number of tetrazole rings is 1. The quantitative estimate of drug-likeness (QED) is 0.681. The number of carbonyl (C=O) groups is 1. The third kappa shape index (κ3) is 2.24. The van der Waals surface area contributed by atoms with Gasteiger partial charge in [-0.15, -0.1) is 5.10 Å². The monoisotopic (exact) mass is 403 g/mol. The maximum atomic E-state index is 13.2. The first-order chi connectivity index (χ1) is 14.6. The number of hydrogen-bond acceptors (Lipinski definition) is 5. The van der Waals surface area contributed by atoms with Crippen molar-refractivity contribution in [1.82, 2.24) is 35.3 Å². The van der Waals surface area contributed by atoms with Gasteiger partial charge in [0.1, 0.15) is 11.3 Å². The van der Waals surface area contributed by atoms with Crippen LogP contribution in [0.4, 0.5) is 0 Å². The molecule has 7 rings (SSSR count). The smallest absolute Gasteiger partial charge is 0.268 e. The van der Waals surface area contributed by atoms with Crippen molar-refractivity contribution < 1.29 is 4.79 Å². The highest BCUT2D eigenvalue weighted by Gasteiger charge is 2.70. The van der Waals surface area contributed by atoms with Gasteiger partial charge < -0.3 is 5.32 Å². The normalized spacial score (nSPS) is 35.5. The van der Waals surface area contributed by atoms with Crippen molar-refractivity contribution in [1.29, 1.82) is 0 Å². The number of nitrogens with one attached hydrogen (secondary N) is 2. The minimum absolute atomic E-state index is 0.00789. The van der Waals surface area contributed by atoms with Gasteiger partial charge in [0.2, 0.25) is 0 Å². The number of aromatic amines is 1. The predicted molar refractivity (Wildman–Crippen MR) is 108 cm³/mol. The van der Waals surface area contributed by atoms with E-state index in [1.54, 1.807) is 0 Å². The molecule has 4 saturated carbocycles. The second kappa shape index (κ2) is 5.68. The molecular formula is C22H25N7O. The Morgan fingerprint density at radius 3 is 3.10 bits per heavy atom. The van der Waals surface area contributed by atoms with E-state index in [4.69, 9.17) is 0 Å². The van der Waals surface area contributed by atoms with Crippen LogP contribution in [0.1, 0.15) is 60.5 Å². The summed E-state index contributed by atoms with van der Waals surface area (Å²) in [7, 11) is 0. The van der Waals surface area contributed by atoms with Crippen LogP contribution >= 0.6 is 0 Å². The number of nitrogens with zero attached hydrogens (tertiary/aromatic N) is 5. The number of H-pyrrole nitrogens is 1. The van der Waals surface area contributed by atoms with Crippen molar-refractivity contribution in [3.63, 3.8) is 0 Å². The third-order valence-corrected chi connectivity index (χ3v) is 8.72. The van der Waals surface area contributed by atoms with E-state index in [2.05, 4.69) is 30.9 Å². The first-order valence-electron chi connectivity index (χ1n) is 11.1. The third-order valence-electron chi connectivity index (χ3n) is 8.72. The van der Waals surface area contributed by atoms with Gasteiger partial charge in [-0.2, -0.15) is 0 Å². The standard InChI is InChI=1S/C22H25N7O/c30-20(23-12-21-7-13-4-14-5-15(9-21)22(14,8-13)11-21)17-2-1-3-19-24-16(10-29(17)19)6-18-25-27-28-26-18/h1-3,10,13-15H,4-9,11-12H2,(H,23,30)(H,25,26,27,28). The highest BCUT2D eigenvalue weighted by Crippen LogP contribution is 2.78. The van der Waals surface area contributed by atoms with Gasteiger partial charge in [-0.1, -0.05) is 6.07 Å². The molecule has 5 unspecified atom stereocenters. The lowest BCUT2D eigenvalue weighted by molar-refractivity contribution is -0.00254. The van der Waals surface area contributed by atoms with Crippen molar-refractivity contribution >= 4 is 11.6 Å². The molecule has 4 fully saturated rings. The van der Waals surface area contributed by atoms with Crippen molar-refractivity contribution in [2.75, 3.05) is 6.54 Å². The van der Waals surface area contributed by atoms with Crippen molar-refractivity contribution in [2.24, 2.45) is 28.6 Å². The molecule has 2 N–H and O–H groups in total. The fourth-order valence-electron chi connectivity index (χ4n) is 7.86. The van der Waals surface area contributed by atoms with E-state index in [1.807, 2.05) is 28.8 Å². The zero-order valence-corrected chi connectivity index (χ0v) is 16.8. The summed E-state index contributed by atoms with van der Waals surface area (Å²) in [5.41, 5.74) is 3.21. The van der Waals surface area contributed by atoms with Crippen LogP contribution in [0.25, 0.3) is 5.65 Å². The topological polar surface area (TPSA) is 101 Å². The molecule has 8 nitrogen and oxygen atoms in total. The zero-order valence-electron chi connectivity index (χ0n) is 16.8. The van der Waals surface area contributed by atoms with Crippen molar-refractivity contribution in [3.05, 3.63) is 41.6 Å². The second-order valence-corrected chi connectivity index (χ2v) is 10.3.